The largest absolute Gasteiger partial charge is 0.497 e. The van der Waals surface area contributed by atoms with Crippen LogP contribution < -0.4 is 20.7 Å². The van der Waals surface area contributed by atoms with Crippen molar-refractivity contribution >= 4 is 29.8 Å². The highest BCUT2D eigenvalue weighted by molar-refractivity contribution is 5.92. The van der Waals surface area contributed by atoms with Crippen LogP contribution in [-0.4, -0.2) is 58.6 Å². The molecule has 0 spiro atoms. The molecule has 0 aliphatic heterocycles. The fourth-order valence-corrected chi connectivity index (χ4v) is 4.47. The number of benzene rings is 1. The Kier molecular flexibility index (Phi) is 5.94. The van der Waals surface area contributed by atoms with Gasteiger partial charge in [-0.15, -0.1) is 0 Å². The SMILES string of the molecule is COc1ccc(NC(=O)NC2CC(NC(=O)OC(C)(C)C)(C(=O)O)C3C(C(=O)O)C23)cc1. The van der Waals surface area contributed by atoms with Gasteiger partial charge in [-0.3, -0.25) is 4.79 Å². The first kappa shape index (κ1) is 23.2. The van der Waals surface area contributed by atoms with Gasteiger partial charge >= 0.3 is 24.1 Å². The lowest BCUT2D eigenvalue weighted by atomic mass is 9.89. The van der Waals surface area contributed by atoms with E-state index in [1.165, 1.54) is 7.11 Å². The number of hydrogen-bond donors (Lipinski definition) is 5. The van der Waals surface area contributed by atoms with Crippen LogP contribution in [0.5, 0.6) is 5.75 Å². The Labute approximate surface area is 184 Å². The maximum Gasteiger partial charge on any atom is 0.408 e. The Morgan fingerprint density at radius 3 is 2.22 bits per heavy atom. The van der Waals surface area contributed by atoms with E-state index < -0.39 is 59.0 Å². The van der Waals surface area contributed by atoms with Crippen molar-refractivity contribution < 1.29 is 38.9 Å². The van der Waals surface area contributed by atoms with Crippen molar-refractivity contribution in [3.63, 3.8) is 0 Å². The van der Waals surface area contributed by atoms with Crippen molar-refractivity contribution in [3.05, 3.63) is 24.3 Å². The Morgan fingerprint density at radius 1 is 1.09 bits per heavy atom. The van der Waals surface area contributed by atoms with Gasteiger partial charge in [-0.1, -0.05) is 0 Å². The number of carboxylic acids is 2. The summed E-state index contributed by atoms with van der Waals surface area (Å²) in [6, 6.07) is 5.17. The van der Waals surface area contributed by atoms with Crippen LogP contribution in [-0.2, 0) is 14.3 Å². The molecule has 5 atom stereocenters. The first-order chi connectivity index (χ1) is 14.9. The van der Waals surface area contributed by atoms with Gasteiger partial charge < -0.3 is 35.6 Å². The number of fused-ring (bicyclic) bond motifs is 1. The summed E-state index contributed by atoms with van der Waals surface area (Å²) in [5, 5.41) is 27.2. The quantitative estimate of drug-likeness (QED) is 0.439. The van der Waals surface area contributed by atoms with Gasteiger partial charge in [0.15, 0.2) is 0 Å². The van der Waals surface area contributed by atoms with Crippen molar-refractivity contribution in [1.29, 1.82) is 0 Å². The molecular formula is C21H27N3O8. The van der Waals surface area contributed by atoms with Crippen molar-refractivity contribution in [1.82, 2.24) is 10.6 Å². The highest BCUT2D eigenvalue weighted by Gasteiger charge is 2.76. The minimum Gasteiger partial charge on any atom is -0.497 e. The Bertz CT molecular complexity index is 926. The van der Waals surface area contributed by atoms with E-state index in [0.717, 1.165) is 0 Å². The van der Waals surface area contributed by atoms with E-state index in [9.17, 15) is 29.4 Å². The number of methoxy groups -OCH3 is 1. The zero-order valence-corrected chi connectivity index (χ0v) is 18.2. The molecule has 11 heteroatoms. The number of urea groups is 1. The van der Waals surface area contributed by atoms with Gasteiger partial charge in [-0.2, -0.15) is 0 Å². The zero-order valence-electron chi connectivity index (χ0n) is 18.2. The number of rotatable bonds is 6. The average molecular weight is 449 g/mol. The Balaban J connectivity index is 1.75. The first-order valence-corrected chi connectivity index (χ1v) is 10.1. The summed E-state index contributed by atoms with van der Waals surface area (Å²) in [6.45, 7) is 4.88. The number of carbonyl (C=O) groups excluding carboxylic acids is 2. The minimum atomic E-state index is -1.87. The number of anilines is 1. The van der Waals surface area contributed by atoms with Gasteiger partial charge in [0.1, 0.15) is 16.9 Å². The third kappa shape index (κ3) is 4.56. The van der Waals surface area contributed by atoms with Gasteiger partial charge in [0.05, 0.1) is 13.0 Å². The summed E-state index contributed by atoms with van der Waals surface area (Å²) in [5.74, 6) is -4.48. The van der Waals surface area contributed by atoms with E-state index in [0.29, 0.717) is 11.4 Å². The number of ether oxygens (including phenoxy) is 2. The third-order valence-electron chi connectivity index (χ3n) is 5.71. The van der Waals surface area contributed by atoms with Crippen LogP contribution >= 0.6 is 0 Å². The van der Waals surface area contributed by atoms with Gasteiger partial charge in [-0.05, 0) is 51.0 Å². The predicted molar refractivity (Wildman–Crippen MR) is 111 cm³/mol. The molecule has 5 N–H and O–H groups in total. The lowest BCUT2D eigenvalue weighted by Gasteiger charge is -2.31. The lowest BCUT2D eigenvalue weighted by Crippen LogP contribution is -2.58. The van der Waals surface area contributed by atoms with E-state index >= 15 is 0 Å². The lowest BCUT2D eigenvalue weighted by molar-refractivity contribution is -0.147. The Morgan fingerprint density at radius 2 is 1.72 bits per heavy atom. The molecule has 0 saturated heterocycles. The minimum absolute atomic E-state index is 0.170. The molecule has 3 amide bonds. The highest BCUT2D eigenvalue weighted by atomic mass is 16.6. The molecule has 0 heterocycles. The van der Waals surface area contributed by atoms with Crippen LogP contribution in [0, 0.1) is 17.8 Å². The molecule has 1 aromatic carbocycles. The summed E-state index contributed by atoms with van der Waals surface area (Å²) in [5.41, 5.74) is -2.26. The number of aliphatic carboxylic acids is 2. The molecule has 2 aliphatic carbocycles. The van der Waals surface area contributed by atoms with Gasteiger partial charge in [0.2, 0.25) is 0 Å². The molecule has 11 nitrogen and oxygen atoms in total. The molecule has 3 rings (SSSR count). The van der Waals surface area contributed by atoms with Crippen LogP contribution in [0.3, 0.4) is 0 Å². The third-order valence-corrected chi connectivity index (χ3v) is 5.71. The topological polar surface area (TPSA) is 163 Å². The highest BCUT2D eigenvalue weighted by Crippen LogP contribution is 2.62. The summed E-state index contributed by atoms with van der Waals surface area (Å²) >= 11 is 0. The van der Waals surface area contributed by atoms with Crippen LogP contribution in [0.15, 0.2) is 24.3 Å². The molecule has 0 bridgehead atoms. The standard InChI is InChI=1S/C21H27N3O8/c1-20(2,3)32-19(30)24-21(17(27)28)9-12(13-14(15(13)21)16(25)26)23-18(29)22-10-5-7-11(31-4)8-6-10/h5-8,12-15H,9H2,1-4H3,(H,24,30)(H,25,26)(H,27,28)(H2,22,23,29). The van der Waals surface area contributed by atoms with Crippen molar-refractivity contribution in [3.8, 4) is 5.75 Å². The van der Waals surface area contributed by atoms with Gasteiger partial charge in [-0.25, -0.2) is 14.4 Å². The summed E-state index contributed by atoms with van der Waals surface area (Å²) in [7, 11) is 1.51. The molecule has 2 fully saturated rings. The monoisotopic (exact) mass is 449 g/mol. The van der Waals surface area contributed by atoms with Gasteiger partial charge in [0.25, 0.3) is 0 Å². The molecule has 0 radical (unpaired) electrons. The smallest absolute Gasteiger partial charge is 0.408 e. The molecular weight excluding hydrogens is 422 g/mol. The maximum absolute atomic E-state index is 12.5. The predicted octanol–water partition coefficient (Wildman–Crippen LogP) is 1.88. The summed E-state index contributed by atoms with van der Waals surface area (Å²) in [6.07, 6.45) is -1.13. The number of nitrogens with one attached hydrogen (secondary N) is 3. The van der Waals surface area contributed by atoms with E-state index in [4.69, 9.17) is 9.47 Å². The average Bonchev–Trinajstić information content (AvgIpc) is 3.35. The fourth-order valence-electron chi connectivity index (χ4n) is 4.47. The van der Waals surface area contributed by atoms with Crippen LogP contribution in [0.25, 0.3) is 0 Å². The summed E-state index contributed by atoms with van der Waals surface area (Å²) in [4.78, 5) is 48.7. The number of hydrogen-bond acceptors (Lipinski definition) is 6. The van der Waals surface area contributed by atoms with E-state index in [1.54, 1.807) is 45.0 Å². The van der Waals surface area contributed by atoms with Crippen LogP contribution in [0.1, 0.15) is 27.2 Å². The molecule has 2 aliphatic rings. The van der Waals surface area contributed by atoms with E-state index in [2.05, 4.69) is 16.0 Å². The second-order valence-corrected chi connectivity index (χ2v) is 9.01. The van der Waals surface area contributed by atoms with Crippen LogP contribution in [0.4, 0.5) is 15.3 Å². The molecule has 174 valence electrons. The number of carbonyl (C=O) groups is 4. The molecule has 5 unspecified atom stereocenters. The first-order valence-electron chi connectivity index (χ1n) is 10.1. The number of alkyl carbamates (subject to hydrolysis) is 1. The maximum atomic E-state index is 12.5. The van der Waals surface area contributed by atoms with Gasteiger partial charge in [0, 0.05) is 24.1 Å². The fraction of sp³-hybridized carbons (Fsp3) is 0.524. The second-order valence-electron chi connectivity index (χ2n) is 9.01. The van der Waals surface area contributed by atoms with Crippen molar-refractivity contribution in [2.75, 3.05) is 12.4 Å². The second kappa shape index (κ2) is 8.21. The van der Waals surface area contributed by atoms with Crippen molar-refractivity contribution in [2.45, 2.75) is 44.4 Å². The Hall–Kier alpha value is -3.50. The van der Waals surface area contributed by atoms with Crippen LogP contribution in [0.2, 0.25) is 0 Å². The molecule has 0 aromatic heterocycles. The summed E-state index contributed by atoms with van der Waals surface area (Å²) < 4.78 is 10.2. The zero-order chi connectivity index (χ0) is 23.8. The molecule has 1 aromatic rings. The molecule has 32 heavy (non-hydrogen) atoms. The normalized spacial score (nSPS) is 28.1. The number of carboxylic acid groups (broad SMARTS) is 2. The molecule has 2 saturated carbocycles. The number of amides is 3. The van der Waals surface area contributed by atoms with E-state index in [-0.39, 0.29) is 6.42 Å². The van der Waals surface area contributed by atoms with Crippen molar-refractivity contribution in [2.24, 2.45) is 17.8 Å². The van der Waals surface area contributed by atoms with E-state index in [1.807, 2.05) is 0 Å².